The Morgan fingerprint density at radius 3 is 2.16 bits per heavy atom. The second-order valence-electron chi connectivity index (χ2n) is 4.03. The van der Waals surface area contributed by atoms with E-state index in [2.05, 4.69) is 5.32 Å². The van der Waals surface area contributed by atoms with Crippen molar-refractivity contribution < 1.29 is 8.42 Å². The van der Waals surface area contributed by atoms with Crippen LogP contribution in [0.5, 0.6) is 0 Å². The van der Waals surface area contributed by atoms with E-state index in [0.29, 0.717) is 12.2 Å². The predicted molar refractivity (Wildman–Crippen MR) is 75.4 cm³/mol. The molecule has 2 rings (SSSR count). The zero-order chi connectivity index (χ0) is 13.9. The smallest absolute Gasteiger partial charge is 0.240 e. The molecule has 0 aliphatic heterocycles. The van der Waals surface area contributed by atoms with Crippen molar-refractivity contribution in [3.63, 3.8) is 0 Å². The summed E-state index contributed by atoms with van der Waals surface area (Å²) >= 11 is 0. The molecule has 0 fully saturated rings. The van der Waals surface area contributed by atoms with Crippen molar-refractivity contribution in [2.75, 3.05) is 5.32 Å². The first kappa shape index (κ1) is 13.5. The molecule has 2 aromatic rings. The van der Waals surface area contributed by atoms with E-state index < -0.39 is 10.0 Å². The van der Waals surface area contributed by atoms with Crippen LogP contribution in [0.2, 0.25) is 0 Å². The molecule has 0 aromatic heterocycles. The van der Waals surface area contributed by atoms with Crippen LogP contribution in [0.15, 0.2) is 53.4 Å². The van der Waals surface area contributed by atoms with Gasteiger partial charge in [0.1, 0.15) is 4.90 Å². The van der Waals surface area contributed by atoms with Gasteiger partial charge in [0.05, 0.1) is 5.69 Å². The van der Waals surface area contributed by atoms with Gasteiger partial charge in [-0.2, -0.15) is 0 Å². The second kappa shape index (κ2) is 5.40. The Hall–Kier alpha value is -1.89. The molecule has 0 bridgehead atoms. The molecule has 0 heterocycles. The van der Waals surface area contributed by atoms with Crippen molar-refractivity contribution in [2.24, 2.45) is 10.9 Å². The van der Waals surface area contributed by atoms with Crippen molar-refractivity contribution >= 4 is 21.4 Å². The molecule has 0 saturated heterocycles. The van der Waals surface area contributed by atoms with Crippen LogP contribution in [0.4, 0.5) is 11.4 Å². The second-order valence-corrected chi connectivity index (χ2v) is 5.56. The lowest BCUT2D eigenvalue weighted by molar-refractivity contribution is 0.598. The Kier molecular flexibility index (Phi) is 3.84. The van der Waals surface area contributed by atoms with E-state index in [1.54, 1.807) is 18.2 Å². The molecule has 5 N–H and O–H groups in total. The first-order chi connectivity index (χ1) is 9.02. The zero-order valence-electron chi connectivity index (χ0n) is 10.2. The summed E-state index contributed by atoms with van der Waals surface area (Å²) in [6, 6.07) is 13.9. The van der Waals surface area contributed by atoms with Crippen LogP contribution in [0.3, 0.4) is 0 Å². The fraction of sp³-hybridized carbons (Fsp3) is 0.0769. The Balaban J connectivity index is 2.45. The average Bonchev–Trinajstić information content (AvgIpc) is 2.39. The number of hydrogen-bond acceptors (Lipinski definition) is 4. The van der Waals surface area contributed by atoms with Gasteiger partial charge in [-0.05, 0) is 23.8 Å². The molecular weight excluding hydrogens is 262 g/mol. The van der Waals surface area contributed by atoms with Gasteiger partial charge in [0.15, 0.2) is 0 Å². The standard InChI is InChI=1S/C13H15N3O2S/c14-9-10-5-1-2-6-11(10)16-12-7-3-4-8-13(12)19(15,17)18/h1-8,16H,9,14H2,(H2,15,17,18). The molecule has 5 nitrogen and oxygen atoms in total. The topological polar surface area (TPSA) is 98.2 Å². The number of anilines is 2. The van der Waals surface area contributed by atoms with Crippen molar-refractivity contribution in [1.29, 1.82) is 0 Å². The molecule has 0 amide bonds. The SMILES string of the molecule is NCc1ccccc1Nc1ccccc1S(N)(=O)=O. The predicted octanol–water partition coefficient (Wildman–Crippen LogP) is 1.54. The van der Waals surface area contributed by atoms with Gasteiger partial charge >= 0.3 is 0 Å². The third-order valence-corrected chi connectivity index (χ3v) is 3.67. The van der Waals surface area contributed by atoms with E-state index in [4.69, 9.17) is 10.9 Å². The first-order valence-electron chi connectivity index (χ1n) is 5.69. The highest BCUT2D eigenvalue weighted by Crippen LogP contribution is 2.25. The van der Waals surface area contributed by atoms with Gasteiger partial charge in [0, 0.05) is 12.2 Å². The van der Waals surface area contributed by atoms with Gasteiger partial charge < -0.3 is 11.1 Å². The van der Waals surface area contributed by atoms with Gasteiger partial charge in [0.2, 0.25) is 10.0 Å². The minimum absolute atomic E-state index is 0.0572. The number of primary sulfonamides is 1. The minimum Gasteiger partial charge on any atom is -0.354 e. The molecule has 6 heteroatoms. The van der Waals surface area contributed by atoms with Crippen molar-refractivity contribution in [3.05, 3.63) is 54.1 Å². The number of para-hydroxylation sites is 2. The van der Waals surface area contributed by atoms with Gasteiger partial charge in [-0.3, -0.25) is 0 Å². The summed E-state index contributed by atoms with van der Waals surface area (Å²) in [5, 5.41) is 8.25. The lowest BCUT2D eigenvalue weighted by Gasteiger charge is -2.13. The molecular formula is C13H15N3O2S. The highest BCUT2D eigenvalue weighted by atomic mass is 32.2. The minimum atomic E-state index is -3.77. The Morgan fingerprint density at radius 1 is 0.947 bits per heavy atom. The Labute approximate surface area is 112 Å². The molecule has 0 spiro atoms. The fourth-order valence-corrected chi connectivity index (χ4v) is 2.48. The van der Waals surface area contributed by atoms with E-state index in [-0.39, 0.29) is 4.90 Å². The monoisotopic (exact) mass is 277 g/mol. The summed E-state index contributed by atoms with van der Waals surface area (Å²) < 4.78 is 23.0. The number of nitrogens with two attached hydrogens (primary N) is 2. The van der Waals surface area contributed by atoms with Gasteiger partial charge in [-0.1, -0.05) is 30.3 Å². The lowest BCUT2D eigenvalue weighted by atomic mass is 10.1. The summed E-state index contributed by atoms with van der Waals surface area (Å²) in [5.74, 6) is 0. The van der Waals surface area contributed by atoms with E-state index in [9.17, 15) is 8.42 Å². The number of rotatable bonds is 4. The summed E-state index contributed by atoms with van der Waals surface area (Å²) in [6.45, 7) is 0.362. The van der Waals surface area contributed by atoms with Crippen molar-refractivity contribution in [3.8, 4) is 0 Å². The van der Waals surface area contributed by atoms with E-state index in [0.717, 1.165) is 11.3 Å². The van der Waals surface area contributed by atoms with Gasteiger partial charge in [-0.15, -0.1) is 0 Å². The van der Waals surface area contributed by atoms with E-state index in [1.165, 1.54) is 6.07 Å². The zero-order valence-corrected chi connectivity index (χ0v) is 11.0. The van der Waals surface area contributed by atoms with E-state index >= 15 is 0 Å². The summed E-state index contributed by atoms with van der Waals surface area (Å²) in [4.78, 5) is 0.0572. The lowest BCUT2D eigenvalue weighted by Crippen LogP contribution is -2.14. The molecule has 0 atom stereocenters. The number of hydrogen-bond donors (Lipinski definition) is 3. The van der Waals surface area contributed by atoms with Gasteiger partial charge in [0.25, 0.3) is 0 Å². The first-order valence-corrected chi connectivity index (χ1v) is 7.24. The van der Waals surface area contributed by atoms with Crippen molar-refractivity contribution in [1.82, 2.24) is 0 Å². The molecule has 19 heavy (non-hydrogen) atoms. The summed E-state index contributed by atoms with van der Waals surface area (Å²) in [6.07, 6.45) is 0. The summed E-state index contributed by atoms with van der Waals surface area (Å²) in [5.41, 5.74) is 7.74. The molecule has 2 aromatic carbocycles. The van der Waals surface area contributed by atoms with Crippen LogP contribution in [0, 0.1) is 0 Å². The van der Waals surface area contributed by atoms with Gasteiger partial charge in [-0.25, -0.2) is 13.6 Å². The third kappa shape index (κ3) is 3.11. The van der Waals surface area contributed by atoms with E-state index in [1.807, 2.05) is 24.3 Å². The quantitative estimate of drug-likeness (QED) is 0.789. The molecule has 0 radical (unpaired) electrons. The summed E-state index contributed by atoms with van der Waals surface area (Å²) in [7, 11) is -3.77. The average molecular weight is 277 g/mol. The number of benzene rings is 2. The maximum absolute atomic E-state index is 11.5. The van der Waals surface area contributed by atoms with Crippen LogP contribution >= 0.6 is 0 Å². The Morgan fingerprint density at radius 2 is 1.53 bits per heavy atom. The highest BCUT2D eigenvalue weighted by Gasteiger charge is 2.13. The normalized spacial score (nSPS) is 11.3. The highest BCUT2D eigenvalue weighted by molar-refractivity contribution is 7.89. The number of sulfonamides is 1. The molecule has 0 saturated carbocycles. The van der Waals surface area contributed by atoms with Crippen LogP contribution in [0.25, 0.3) is 0 Å². The molecule has 0 unspecified atom stereocenters. The third-order valence-electron chi connectivity index (χ3n) is 2.70. The largest absolute Gasteiger partial charge is 0.354 e. The van der Waals surface area contributed by atoms with Crippen LogP contribution in [-0.4, -0.2) is 8.42 Å². The maximum atomic E-state index is 11.5. The van der Waals surface area contributed by atoms with Crippen LogP contribution in [0.1, 0.15) is 5.56 Å². The maximum Gasteiger partial charge on any atom is 0.240 e. The Bertz CT molecular complexity index is 684. The molecule has 100 valence electrons. The van der Waals surface area contributed by atoms with Crippen LogP contribution < -0.4 is 16.2 Å². The van der Waals surface area contributed by atoms with Crippen LogP contribution in [-0.2, 0) is 16.6 Å². The fourth-order valence-electron chi connectivity index (χ4n) is 1.78. The van der Waals surface area contributed by atoms with Crippen molar-refractivity contribution in [2.45, 2.75) is 11.4 Å². The number of nitrogens with one attached hydrogen (secondary N) is 1. The molecule has 0 aliphatic carbocycles. The molecule has 0 aliphatic rings.